The number of nitrogens with two attached hydrogens (primary N) is 1. The highest BCUT2D eigenvalue weighted by molar-refractivity contribution is 5.72. The predicted molar refractivity (Wildman–Crippen MR) is 95.4 cm³/mol. The second-order valence-corrected chi connectivity index (χ2v) is 6.55. The van der Waals surface area contributed by atoms with Gasteiger partial charge >= 0.3 is 12.1 Å². The maximum absolute atomic E-state index is 11.5. The van der Waals surface area contributed by atoms with E-state index >= 15 is 0 Å². The zero-order valence-electron chi connectivity index (χ0n) is 15.0. The van der Waals surface area contributed by atoms with Crippen LogP contribution in [0.2, 0.25) is 0 Å². The Morgan fingerprint density at radius 2 is 2.08 bits per heavy atom. The van der Waals surface area contributed by atoms with Crippen molar-refractivity contribution >= 4 is 12.1 Å². The van der Waals surface area contributed by atoms with Gasteiger partial charge < -0.3 is 25.6 Å². The third-order valence-electron chi connectivity index (χ3n) is 4.27. The van der Waals surface area contributed by atoms with Crippen LogP contribution < -0.4 is 11.1 Å². The summed E-state index contributed by atoms with van der Waals surface area (Å²) in [5.41, 5.74) is 6.64. The molecule has 1 amide bonds. The molecule has 0 heterocycles. The van der Waals surface area contributed by atoms with Crippen molar-refractivity contribution in [1.29, 1.82) is 0 Å². The molecule has 1 aliphatic carbocycles. The highest BCUT2D eigenvalue weighted by Crippen LogP contribution is 2.22. The number of hydrogen-bond donors (Lipinski definition) is 3. The first kappa shape index (κ1) is 21.4. The van der Waals surface area contributed by atoms with E-state index in [1.165, 1.54) is 24.8 Å². The smallest absolute Gasteiger partial charge is 0.407 e. The second-order valence-electron chi connectivity index (χ2n) is 6.55. The average molecular weight is 356 g/mol. The molecule has 1 unspecified atom stereocenters. The minimum atomic E-state index is -1.000. The number of carbonyl (C=O) groups is 2. The molecule has 0 aromatic heterocycles. The van der Waals surface area contributed by atoms with Crippen molar-refractivity contribution in [2.24, 2.45) is 5.73 Å². The quantitative estimate of drug-likeness (QED) is 0.410. The van der Waals surface area contributed by atoms with Crippen LogP contribution in [-0.4, -0.2) is 49.1 Å². The molecule has 144 valence electrons. The van der Waals surface area contributed by atoms with E-state index in [2.05, 4.69) is 11.9 Å². The molecular formula is C18H32N2O5. The number of alkyl carbamates (subject to hydrolysis) is 1. The largest absolute Gasteiger partial charge is 0.480 e. The minimum Gasteiger partial charge on any atom is -0.480 e. The van der Waals surface area contributed by atoms with Gasteiger partial charge in [0.15, 0.2) is 0 Å². The van der Waals surface area contributed by atoms with Crippen molar-refractivity contribution in [3.63, 3.8) is 0 Å². The first-order valence-corrected chi connectivity index (χ1v) is 9.16. The summed E-state index contributed by atoms with van der Waals surface area (Å²) < 4.78 is 10.9. The highest BCUT2D eigenvalue weighted by Gasteiger charge is 2.14. The van der Waals surface area contributed by atoms with E-state index in [1.807, 2.05) is 0 Å². The van der Waals surface area contributed by atoms with Crippen molar-refractivity contribution in [3.8, 4) is 0 Å². The van der Waals surface area contributed by atoms with E-state index < -0.39 is 18.1 Å². The Bertz CT molecular complexity index is 428. The molecule has 0 aromatic rings. The number of ether oxygens (including phenoxy) is 2. The van der Waals surface area contributed by atoms with Gasteiger partial charge in [-0.1, -0.05) is 25.0 Å². The van der Waals surface area contributed by atoms with Gasteiger partial charge in [-0.25, -0.2) is 4.79 Å². The third kappa shape index (κ3) is 10.8. The number of carboxylic acid groups (broad SMARTS) is 1. The molecule has 7 nitrogen and oxygen atoms in total. The molecule has 1 rings (SSSR count). The van der Waals surface area contributed by atoms with Crippen LogP contribution in [0.1, 0.15) is 57.8 Å². The Morgan fingerprint density at radius 3 is 2.84 bits per heavy atom. The second kappa shape index (κ2) is 12.7. The van der Waals surface area contributed by atoms with E-state index in [0.717, 1.165) is 19.3 Å². The number of unbranched alkanes of at least 4 members (excludes halogenated alkanes) is 1. The summed E-state index contributed by atoms with van der Waals surface area (Å²) in [6.45, 7) is 5.12. The lowest BCUT2D eigenvalue weighted by molar-refractivity contribution is -0.138. The Balaban J connectivity index is 2.00. The van der Waals surface area contributed by atoms with Crippen LogP contribution in [0.4, 0.5) is 4.79 Å². The molecule has 1 aliphatic rings. The lowest BCUT2D eigenvalue weighted by Gasteiger charge is -2.21. The van der Waals surface area contributed by atoms with E-state index in [-0.39, 0.29) is 12.7 Å². The topological polar surface area (TPSA) is 111 Å². The van der Waals surface area contributed by atoms with Gasteiger partial charge in [0.05, 0.1) is 12.7 Å². The molecule has 0 aliphatic heterocycles. The molecule has 0 radical (unpaired) electrons. The van der Waals surface area contributed by atoms with Gasteiger partial charge in [-0.3, -0.25) is 4.79 Å². The number of aliphatic carboxylic acids is 1. The molecule has 2 atom stereocenters. The normalized spacial score (nSPS) is 19.6. The molecule has 0 spiro atoms. The van der Waals surface area contributed by atoms with Crippen molar-refractivity contribution in [1.82, 2.24) is 5.32 Å². The predicted octanol–water partition coefficient (Wildman–Crippen LogP) is 2.59. The van der Waals surface area contributed by atoms with Crippen molar-refractivity contribution in [2.75, 3.05) is 19.8 Å². The zero-order chi connectivity index (χ0) is 18.5. The average Bonchev–Trinajstić information content (AvgIpc) is 2.55. The van der Waals surface area contributed by atoms with Gasteiger partial charge in [-0.2, -0.15) is 0 Å². The van der Waals surface area contributed by atoms with Crippen LogP contribution in [0.5, 0.6) is 0 Å². The summed E-state index contributed by atoms with van der Waals surface area (Å²) in [7, 11) is 0. The molecule has 0 aromatic carbocycles. The Hall–Kier alpha value is -1.60. The van der Waals surface area contributed by atoms with Gasteiger partial charge in [0, 0.05) is 6.54 Å². The fourth-order valence-corrected chi connectivity index (χ4v) is 2.80. The Kier molecular flexibility index (Phi) is 10.9. The Labute approximate surface area is 149 Å². The number of carboxylic acids is 1. The minimum absolute atomic E-state index is 0.179. The van der Waals surface area contributed by atoms with Crippen LogP contribution in [0, 0.1) is 0 Å². The first-order valence-electron chi connectivity index (χ1n) is 9.16. The van der Waals surface area contributed by atoms with E-state index in [1.54, 1.807) is 0 Å². The standard InChI is InChI=1S/C18H32N2O5/c1-14-7-3-2-4-8-15(13-14)24-11-12-25-18(23)20-10-6-5-9-16(19)17(21)22/h15-16H,1-13,19H2,(H,20,23)(H,21,22)/t15?,16-/m0/s1. The lowest BCUT2D eigenvalue weighted by Crippen LogP contribution is -2.30. The summed E-state index contributed by atoms with van der Waals surface area (Å²) >= 11 is 0. The van der Waals surface area contributed by atoms with Crippen LogP contribution in [0.25, 0.3) is 0 Å². The Morgan fingerprint density at radius 1 is 1.28 bits per heavy atom. The van der Waals surface area contributed by atoms with Crippen LogP contribution in [0.3, 0.4) is 0 Å². The number of carbonyl (C=O) groups excluding carboxylic acids is 1. The van der Waals surface area contributed by atoms with Crippen molar-refractivity contribution < 1.29 is 24.2 Å². The first-order chi connectivity index (χ1) is 12.0. The summed E-state index contributed by atoms with van der Waals surface area (Å²) in [6, 6.07) is -0.839. The van der Waals surface area contributed by atoms with Crippen LogP contribution >= 0.6 is 0 Å². The highest BCUT2D eigenvalue weighted by atomic mass is 16.6. The van der Waals surface area contributed by atoms with Crippen LogP contribution in [-0.2, 0) is 14.3 Å². The number of hydrogen-bond acceptors (Lipinski definition) is 5. The van der Waals surface area contributed by atoms with Crippen LogP contribution in [0.15, 0.2) is 12.2 Å². The van der Waals surface area contributed by atoms with Gasteiger partial charge in [0.1, 0.15) is 12.6 Å². The van der Waals surface area contributed by atoms with Gasteiger partial charge in [0.2, 0.25) is 0 Å². The lowest BCUT2D eigenvalue weighted by atomic mass is 9.95. The van der Waals surface area contributed by atoms with E-state index in [4.69, 9.17) is 20.3 Å². The number of rotatable bonds is 10. The van der Waals surface area contributed by atoms with Gasteiger partial charge in [0.25, 0.3) is 0 Å². The SMILES string of the molecule is C=C1CCCCCC(OCCOC(=O)NCCCC[C@H](N)C(=O)O)C1. The van der Waals surface area contributed by atoms with Gasteiger partial charge in [-0.15, -0.1) is 0 Å². The van der Waals surface area contributed by atoms with E-state index in [0.29, 0.717) is 32.4 Å². The molecule has 1 fully saturated rings. The number of nitrogens with one attached hydrogen (secondary N) is 1. The summed E-state index contributed by atoms with van der Waals surface area (Å²) in [6.07, 6.45) is 8.01. The van der Waals surface area contributed by atoms with Gasteiger partial charge in [-0.05, 0) is 44.9 Å². The maximum Gasteiger partial charge on any atom is 0.407 e. The fourth-order valence-electron chi connectivity index (χ4n) is 2.80. The molecule has 25 heavy (non-hydrogen) atoms. The molecule has 4 N–H and O–H groups in total. The molecule has 1 saturated carbocycles. The fraction of sp³-hybridized carbons (Fsp3) is 0.778. The number of amides is 1. The summed E-state index contributed by atoms with van der Waals surface area (Å²) in [4.78, 5) is 22.1. The summed E-state index contributed by atoms with van der Waals surface area (Å²) in [5, 5.41) is 11.3. The molecular weight excluding hydrogens is 324 g/mol. The zero-order valence-corrected chi connectivity index (χ0v) is 15.0. The molecule has 7 heteroatoms. The van der Waals surface area contributed by atoms with Crippen molar-refractivity contribution in [2.45, 2.75) is 69.9 Å². The molecule has 0 saturated heterocycles. The maximum atomic E-state index is 11.5. The third-order valence-corrected chi connectivity index (χ3v) is 4.27. The monoisotopic (exact) mass is 356 g/mol. The molecule has 0 bridgehead atoms. The van der Waals surface area contributed by atoms with E-state index in [9.17, 15) is 9.59 Å². The van der Waals surface area contributed by atoms with Crippen molar-refractivity contribution in [3.05, 3.63) is 12.2 Å². The summed E-state index contributed by atoms with van der Waals surface area (Å²) in [5.74, 6) is -1.000.